The van der Waals surface area contributed by atoms with Crippen LogP contribution in [-0.4, -0.2) is 75.5 Å². The van der Waals surface area contributed by atoms with Gasteiger partial charge < -0.3 is 20.3 Å². The van der Waals surface area contributed by atoms with Crippen molar-refractivity contribution in [2.24, 2.45) is 5.92 Å². The summed E-state index contributed by atoms with van der Waals surface area (Å²) in [6.45, 7) is 2.69. The fourth-order valence-electron chi connectivity index (χ4n) is 5.86. The molecule has 3 fully saturated rings. The van der Waals surface area contributed by atoms with Crippen molar-refractivity contribution in [2.45, 2.75) is 69.2 Å². The highest BCUT2D eigenvalue weighted by Crippen LogP contribution is 2.40. The lowest BCUT2D eigenvalue weighted by atomic mass is 9.73. The summed E-state index contributed by atoms with van der Waals surface area (Å²) < 4.78 is 5.39. The molecule has 0 bridgehead atoms. The van der Waals surface area contributed by atoms with E-state index in [1.807, 2.05) is 12.4 Å². The molecule has 0 aromatic carbocycles. The van der Waals surface area contributed by atoms with E-state index in [2.05, 4.69) is 37.1 Å². The summed E-state index contributed by atoms with van der Waals surface area (Å²) >= 11 is 0. The zero-order chi connectivity index (χ0) is 25.6. The van der Waals surface area contributed by atoms with Crippen LogP contribution in [0.25, 0.3) is 0 Å². The van der Waals surface area contributed by atoms with E-state index in [9.17, 15) is 4.79 Å². The van der Waals surface area contributed by atoms with Crippen LogP contribution >= 0.6 is 0 Å². The van der Waals surface area contributed by atoms with E-state index >= 15 is 0 Å². The molecule has 1 amide bonds. The van der Waals surface area contributed by atoms with Crippen molar-refractivity contribution >= 4 is 11.6 Å². The molecule has 2 saturated heterocycles. The Morgan fingerprint density at radius 2 is 1.95 bits per heavy atom. The van der Waals surface area contributed by atoms with Crippen LogP contribution in [0.4, 0.5) is 5.69 Å². The summed E-state index contributed by atoms with van der Waals surface area (Å²) in [5, 5.41) is 21.3. The average molecular weight is 511 g/mol. The molecule has 5 N–H and O–H groups in total. The zero-order valence-electron chi connectivity index (χ0n) is 21.2. The maximum absolute atomic E-state index is 13.2. The standard InChI is InChI=1S/C27H38N6O4/c34-16-22(17-35)37-25-7-5-21(14-29-25)30-27(36)26-23-11-19(4-6-24(23)31-32-26)20-10-18(12-28-13-20)15-33-8-2-1-3-9-33/h5,7,10,12-14,19,22-24,26,31-32,34-35H,1-4,6,8-9,11,15-17H2,(H,30,36). The second kappa shape index (κ2) is 12.3. The molecule has 1 saturated carbocycles. The first-order valence-electron chi connectivity index (χ1n) is 13.5. The van der Waals surface area contributed by atoms with Gasteiger partial charge >= 0.3 is 0 Å². The molecule has 5 rings (SSSR count). The quantitative estimate of drug-likeness (QED) is 0.341. The van der Waals surface area contributed by atoms with Gasteiger partial charge in [0.25, 0.3) is 0 Å². The molecule has 4 heterocycles. The van der Waals surface area contributed by atoms with Gasteiger partial charge in [-0.2, -0.15) is 0 Å². The second-order valence-corrected chi connectivity index (χ2v) is 10.5. The van der Waals surface area contributed by atoms with Crippen molar-refractivity contribution < 1.29 is 19.7 Å². The molecule has 4 atom stereocenters. The molecule has 2 aromatic heterocycles. The van der Waals surface area contributed by atoms with Crippen LogP contribution in [-0.2, 0) is 11.3 Å². The molecule has 3 aliphatic rings. The monoisotopic (exact) mass is 510 g/mol. The normalized spacial score (nSPS) is 26.1. The fraction of sp³-hybridized carbons (Fsp3) is 0.593. The lowest BCUT2D eigenvalue weighted by molar-refractivity contribution is -0.119. The van der Waals surface area contributed by atoms with E-state index in [1.165, 1.54) is 49.7 Å². The Morgan fingerprint density at radius 1 is 1.11 bits per heavy atom. The van der Waals surface area contributed by atoms with E-state index in [4.69, 9.17) is 14.9 Å². The summed E-state index contributed by atoms with van der Waals surface area (Å²) in [4.78, 5) is 24.5. The third kappa shape index (κ3) is 6.45. The Balaban J connectivity index is 1.19. The number of carbonyl (C=O) groups is 1. The highest BCUT2D eigenvalue weighted by Gasteiger charge is 2.44. The van der Waals surface area contributed by atoms with Gasteiger partial charge in [-0.25, -0.2) is 10.4 Å². The Morgan fingerprint density at radius 3 is 2.70 bits per heavy atom. The SMILES string of the molecule is O=C(Nc1ccc(OC(CO)CO)nc1)C1NNC2CCC(c3cncc(CN4CCCCC4)c3)CC21. The third-order valence-electron chi connectivity index (χ3n) is 7.88. The fourth-order valence-corrected chi connectivity index (χ4v) is 5.86. The van der Waals surface area contributed by atoms with E-state index in [-0.39, 0.29) is 43.0 Å². The number of aliphatic hydroxyl groups is 2. The van der Waals surface area contributed by atoms with Crippen molar-refractivity contribution in [3.05, 3.63) is 47.9 Å². The molecule has 10 heteroatoms. The summed E-state index contributed by atoms with van der Waals surface area (Å²) in [6, 6.07) is 5.55. The number of hydrogen-bond acceptors (Lipinski definition) is 9. The number of amides is 1. The number of ether oxygens (including phenoxy) is 1. The number of hydrogen-bond donors (Lipinski definition) is 5. The van der Waals surface area contributed by atoms with Crippen LogP contribution in [0.15, 0.2) is 36.8 Å². The van der Waals surface area contributed by atoms with Gasteiger partial charge in [-0.3, -0.25) is 20.1 Å². The van der Waals surface area contributed by atoms with E-state index in [1.54, 1.807) is 12.1 Å². The molecule has 0 radical (unpaired) electrons. The summed E-state index contributed by atoms with van der Waals surface area (Å²) in [6.07, 6.45) is 11.7. The molecule has 37 heavy (non-hydrogen) atoms. The Kier molecular flexibility index (Phi) is 8.62. The van der Waals surface area contributed by atoms with E-state index in [0.29, 0.717) is 11.6 Å². The number of rotatable bonds is 9. The number of fused-ring (bicyclic) bond motifs is 1. The first kappa shape index (κ1) is 26.0. The predicted molar refractivity (Wildman–Crippen MR) is 139 cm³/mol. The lowest BCUT2D eigenvalue weighted by Crippen LogP contribution is -2.42. The van der Waals surface area contributed by atoms with Crippen molar-refractivity contribution in [2.75, 3.05) is 31.6 Å². The van der Waals surface area contributed by atoms with Gasteiger partial charge in [-0.15, -0.1) is 0 Å². The number of likely N-dealkylation sites (tertiary alicyclic amines) is 1. The minimum absolute atomic E-state index is 0.100. The number of nitrogens with one attached hydrogen (secondary N) is 3. The van der Waals surface area contributed by atoms with Crippen LogP contribution in [0.2, 0.25) is 0 Å². The van der Waals surface area contributed by atoms with Gasteiger partial charge in [0.05, 0.1) is 25.1 Å². The number of hydrazine groups is 1. The summed E-state index contributed by atoms with van der Waals surface area (Å²) in [5.74, 6) is 0.737. The molecule has 0 spiro atoms. The summed E-state index contributed by atoms with van der Waals surface area (Å²) in [7, 11) is 0. The van der Waals surface area contributed by atoms with Crippen LogP contribution in [0, 0.1) is 5.92 Å². The number of piperidine rings is 1. The Bertz CT molecular complexity index is 1030. The molecular formula is C27H38N6O4. The van der Waals surface area contributed by atoms with Gasteiger partial charge in [-0.05, 0) is 68.3 Å². The molecule has 4 unspecified atom stereocenters. The van der Waals surface area contributed by atoms with Crippen LogP contribution in [0.1, 0.15) is 55.6 Å². The Labute approximate surface area is 217 Å². The van der Waals surface area contributed by atoms with E-state index in [0.717, 1.165) is 25.8 Å². The minimum atomic E-state index is -0.724. The van der Waals surface area contributed by atoms with Gasteiger partial charge in [-0.1, -0.05) is 12.5 Å². The maximum atomic E-state index is 13.2. The minimum Gasteiger partial charge on any atom is -0.469 e. The van der Waals surface area contributed by atoms with Gasteiger partial charge in [0.2, 0.25) is 11.8 Å². The van der Waals surface area contributed by atoms with E-state index < -0.39 is 6.10 Å². The molecule has 2 aromatic rings. The topological polar surface area (TPSA) is 132 Å². The summed E-state index contributed by atoms with van der Waals surface area (Å²) in [5.41, 5.74) is 9.69. The molecule has 1 aliphatic carbocycles. The van der Waals surface area contributed by atoms with Gasteiger partial charge in [0.1, 0.15) is 12.1 Å². The number of anilines is 1. The second-order valence-electron chi connectivity index (χ2n) is 10.5. The van der Waals surface area contributed by atoms with Crippen molar-refractivity contribution in [1.82, 2.24) is 25.7 Å². The van der Waals surface area contributed by atoms with Crippen LogP contribution in [0.5, 0.6) is 5.88 Å². The van der Waals surface area contributed by atoms with Crippen molar-refractivity contribution in [1.29, 1.82) is 0 Å². The lowest BCUT2D eigenvalue weighted by Gasteiger charge is -2.33. The van der Waals surface area contributed by atoms with Crippen molar-refractivity contribution in [3.63, 3.8) is 0 Å². The number of pyridine rings is 2. The Hall–Kier alpha value is -2.63. The molecule has 10 nitrogen and oxygen atoms in total. The van der Waals surface area contributed by atoms with Crippen LogP contribution in [0.3, 0.4) is 0 Å². The highest BCUT2D eigenvalue weighted by molar-refractivity contribution is 5.95. The van der Waals surface area contributed by atoms with Crippen LogP contribution < -0.4 is 20.9 Å². The zero-order valence-corrected chi connectivity index (χ0v) is 21.2. The van der Waals surface area contributed by atoms with Gasteiger partial charge in [0.15, 0.2) is 0 Å². The molecule has 200 valence electrons. The number of nitrogens with zero attached hydrogens (tertiary/aromatic N) is 3. The number of aromatic nitrogens is 2. The molecular weight excluding hydrogens is 472 g/mol. The maximum Gasteiger partial charge on any atom is 0.243 e. The first-order chi connectivity index (χ1) is 18.1. The largest absolute Gasteiger partial charge is 0.469 e. The highest BCUT2D eigenvalue weighted by atomic mass is 16.5. The first-order valence-corrected chi connectivity index (χ1v) is 13.5. The third-order valence-corrected chi connectivity index (χ3v) is 7.88. The number of carbonyl (C=O) groups excluding carboxylic acids is 1. The average Bonchev–Trinajstić information content (AvgIpc) is 3.37. The smallest absolute Gasteiger partial charge is 0.243 e. The van der Waals surface area contributed by atoms with Gasteiger partial charge in [0, 0.05) is 37.0 Å². The molecule has 2 aliphatic heterocycles. The predicted octanol–water partition coefficient (Wildman–Crippen LogP) is 1.56. The number of aliphatic hydroxyl groups excluding tert-OH is 2. The van der Waals surface area contributed by atoms with Crippen molar-refractivity contribution in [3.8, 4) is 5.88 Å².